The van der Waals surface area contributed by atoms with E-state index < -0.39 is 0 Å². The van der Waals surface area contributed by atoms with Gasteiger partial charge in [0, 0.05) is 0 Å². The van der Waals surface area contributed by atoms with Gasteiger partial charge in [0.2, 0.25) is 0 Å². The van der Waals surface area contributed by atoms with E-state index >= 15 is 0 Å². The molecular formula is C34H33NO5S. The highest BCUT2D eigenvalue weighted by Gasteiger charge is 2.35. The number of carbonyl (C=O) groups excluding carboxylic acids is 2. The van der Waals surface area contributed by atoms with Crippen molar-refractivity contribution in [3.63, 3.8) is 0 Å². The summed E-state index contributed by atoms with van der Waals surface area (Å²) in [6, 6.07) is 27.5. The Hall–Kier alpha value is -4.23. The van der Waals surface area contributed by atoms with Crippen LogP contribution in [0.15, 0.2) is 89.8 Å². The van der Waals surface area contributed by atoms with E-state index in [0.29, 0.717) is 29.6 Å². The summed E-state index contributed by atoms with van der Waals surface area (Å²) in [7, 11) is 1.57. The zero-order chi connectivity index (χ0) is 29.0. The molecule has 5 rings (SSSR count). The molecule has 7 heteroatoms. The predicted octanol–water partition coefficient (Wildman–Crippen LogP) is 7.84. The Labute approximate surface area is 244 Å². The largest absolute Gasteiger partial charge is 0.493 e. The van der Waals surface area contributed by atoms with Crippen LogP contribution in [0.5, 0.6) is 17.2 Å². The van der Waals surface area contributed by atoms with Gasteiger partial charge in [0.25, 0.3) is 11.1 Å². The molecule has 1 aliphatic heterocycles. The molecule has 0 spiro atoms. The van der Waals surface area contributed by atoms with Gasteiger partial charge in [-0.05, 0) is 81.0 Å². The summed E-state index contributed by atoms with van der Waals surface area (Å²) in [6.45, 7) is 7.48. The van der Waals surface area contributed by atoms with E-state index in [1.165, 1.54) is 10.5 Å². The summed E-state index contributed by atoms with van der Waals surface area (Å²) in [4.78, 5) is 27.5. The predicted molar refractivity (Wildman–Crippen MR) is 165 cm³/mol. The molecule has 6 nitrogen and oxygen atoms in total. The molecule has 0 unspecified atom stereocenters. The number of thioether (sulfide) groups is 1. The van der Waals surface area contributed by atoms with E-state index in [2.05, 4.69) is 32.9 Å². The van der Waals surface area contributed by atoms with Crippen molar-refractivity contribution in [2.75, 3.05) is 20.3 Å². The first kappa shape index (κ1) is 28.3. The summed E-state index contributed by atoms with van der Waals surface area (Å²) in [5, 5.41) is 1.91. The van der Waals surface area contributed by atoms with Crippen LogP contribution in [0.2, 0.25) is 0 Å². The first-order valence-electron chi connectivity index (χ1n) is 13.5. The lowest BCUT2D eigenvalue weighted by atomic mass is 9.87. The Morgan fingerprint density at radius 3 is 2.27 bits per heavy atom. The molecule has 2 amide bonds. The Balaban J connectivity index is 1.19. The molecule has 210 valence electrons. The standard InChI is InChI=1S/C34H33NO5S/c1-34(2,3)27-12-14-28(15-13-27)39-17-18-40-29-16-10-23(20-30(29)38-4)21-31-32(36)35(33(37)41-31)22-24-9-11-25-7-5-6-8-26(25)19-24/h5-16,19-21H,17-18,22H2,1-4H3/b31-21-. The van der Waals surface area contributed by atoms with Crippen molar-refractivity contribution < 1.29 is 23.8 Å². The van der Waals surface area contributed by atoms with Gasteiger partial charge in [0.05, 0.1) is 18.6 Å². The highest BCUT2D eigenvalue weighted by molar-refractivity contribution is 8.18. The molecule has 4 aromatic carbocycles. The molecule has 0 radical (unpaired) electrons. The van der Waals surface area contributed by atoms with E-state index in [-0.39, 0.29) is 23.1 Å². The molecule has 0 bridgehead atoms. The molecule has 4 aromatic rings. The number of ether oxygens (including phenoxy) is 3. The number of rotatable bonds is 9. The monoisotopic (exact) mass is 567 g/mol. The molecule has 1 heterocycles. The second-order valence-corrected chi connectivity index (χ2v) is 11.8. The average Bonchev–Trinajstić information content (AvgIpc) is 3.22. The van der Waals surface area contributed by atoms with Gasteiger partial charge in [-0.25, -0.2) is 0 Å². The summed E-state index contributed by atoms with van der Waals surface area (Å²) in [5.74, 6) is 1.59. The minimum Gasteiger partial charge on any atom is -0.493 e. The molecule has 0 aliphatic carbocycles. The summed E-state index contributed by atoms with van der Waals surface area (Å²) < 4.78 is 17.3. The van der Waals surface area contributed by atoms with Crippen molar-refractivity contribution in [2.24, 2.45) is 0 Å². The average molecular weight is 568 g/mol. The number of carbonyl (C=O) groups is 2. The van der Waals surface area contributed by atoms with E-state index in [9.17, 15) is 9.59 Å². The fourth-order valence-electron chi connectivity index (χ4n) is 4.56. The van der Waals surface area contributed by atoms with Crippen LogP contribution in [0.25, 0.3) is 16.8 Å². The Kier molecular flexibility index (Phi) is 8.36. The van der Waals surface area contributed by atoms with E-state index in [1.807, 2.05) is 60.7 Å². The summed E-state index contributed by atoms with van der Waals surface area (Å²) in [5.41, 5.74) is 2.99. The zero-order valence-electron chi connectivity index (χ0n) is 23.7. The van der Waals surface area contributed by atoms with Gasteiger partial charge >= 0.3 is 0 Å². The third kappa shape index (κ3) is 6.74. The van der Waals surface area contributed by atoms with Gasteiger partial charge in [-0.2, -0.15) is 0 Å². The zero-order valence-corrected chi connectivity index (χ0v) is 24.5. The topological polar surface area (TPSA) is 65.1 Å². The molecule has 0 atom stereocenters. The minimum absolute atomic E-state index is 0.0941. The highest BCUT2D eigenvalue weighted by Crippen LogP contribution is 2.35. The summed E-state index contributed by atoms with van der Waals surface area (Å²) >= 11 is 0.944. The van der Waals surface area contributed by atoms with Crippen LogP contribution < -0.4 is 14.2 Å². The highest BCUT2D eigenvalue weighted by atomic mass is 32.2. The van der Waals surface area contributed by atoms with E-state index in [4.69, 9.17) is 14.2 Å². The lowest BCUT2D eigenvalue weighted by molar-refractivity contribution is -0.123. The molecule has 0 saturated carbocycles. The van der Waals surface area contributed by atoms with Gasteiger partial charge in [0.15, 0.2) is 11.5 Å². The normalized spacial score (nSPS) is 14.6. The number of amides is 2. The second kappa shape index (κ2) is 12.1. The van der Waals surface area contributed by atoms with Crippen molar-refractivity contribution in [3.8, 4) is 17.2 Å². The fraction of sp³-hybridized carbons (Fsp3) is 0.235. The van der Waals surface area contributed by atoms with Crippen molar-refractivity contribution in [3.05, 3.63) is 107 Å². The quantitative estimate of drug-likeness (QED) is 0.152. The van der Waals surface area contributed by atoms with Gasteiger partial charge in [-0.1, -0.05) is 75.4 Å². The first-order valence-corrected chi connectivity index (χ1v) is 14.3. The minimum atomic E-state index is -0.305. The van der Waals surface area contributed by atoms with Crippen molar-refractivity contribution in [1.82, 2.24) is 4.90 Å². The van der Waals surface area contributed by atoms with Crippen LogP contribution in [0.3, 0.4) is 0 Å². The number of benzene rings is 4. The van der Waals surface area contributed by atoms with Gasteiger partial charge in [-0.3, -0.25) is 14.5 Å². The van der Waals surface area contributed by atoms with Crippen LogP contribution in [0, 0.1) is 0 Å². The third-order valence-electron chi connectivity index (χ3n) is 6.84. The number of fused-ring (bicyclic) bond motifs is 1. The van der Waals surface area contributed by atoms with Crippen molar-refractivity contribution in [2.45, 2.75) is 32.7 Å². The molecule has 0 aromatic heterocycles. The SMILES string of the molecule is COc1cc(/C=C2\SC(=O)N(Cc3ccc4ccccc4c3)C2=O)ccc1OCCOc1ccc(C(C)(C)C)cc1. The Morgan fingerprint density at radius 2 is 1.54 bits per heavy atom. The Bertz CT molecular complexity index is 1600. The number of hydrogen-bond acceptors (Lipinski definition) is 6. The molecule has 1 fully saturated rings. The molecule has 41 heavy (non-hydrogen) atoms. The lowest BCUT2D eigenvalue weighted by Gasteiger charge is -2.19. The van der Waals surface area contributed by atoms with Gasteiger partial charge in [-0.15, -0.1) is 0 Å². The number of methoxy groups -OCH3 is 1. The fourth-order valence-corrected chi connectivity index (χ4v) is 5.40. The van der Waals surface area contributed by atoms with Gasteiger partial charge in [0.1, 0.15) is 19.0 Å². The maximum Gasteiger partial charge on any atom is 0.293 e. The van der Waals surface area contributed by atoms with Gasteiger partial charge < -0.3 is 14.2 Å². The van der Waals surface area contributed by atoms with Crippen LogP contribution in [-0.4, -0.2) is 36.4 Å². The van der Waals surface area contributed by atoms with Crippen LogP contribution in [0.4, 0.5) is 4.79 Å². The van der Waals surface area contributed by atoms with E-state index in [0.717, 1.165) is 39.4 Å². The van der Waals surface area contributed by atoms with Crippen LogP contribution >= 0.6 is 11.8 Å². The molecule has 1 saturated heterocycles. The maximum atomic E-state index is 13.1. The number of imide groups is 1. The second-order valence-electron chi connectivity index (χ2n) is 10.8. The Morgan fingerprint density at radius 1 is 0.805 bits per heavy atom. The van der Waals surface area contributed by atoms with Crippen molar-refractivity contribution >= 4 is 39.8 Å². The van der Waals surface area contributed by atoms with Crippen LogP contribution in [-0.2, 0) is 16.8 Å². The lowest BCUT2D eigenvalue weighted by Crippen LogP contribution is -2.27. The smallest absolute Gasteiger partial charge is 0.293 e. The third-order valence-corrected chi connectivity index (χ3v) is 7.75. The first-order chi connectivity index (χ1) is 19.7. The summed E-state index contributed by atoms with van der Waals surface area (Å²) in [6.07, 6.45) is 1.71. The number of hydrogen-bond donors (Lipinski definition) is 0. The van der Waals surface area contributed by atoms with E-state index in [1.54, 1.807) is 25.3 Å². The molecule has 0 N–H and O–H groups in total. The molecule has 1 aliphatic rings. The van der Waals surface area contributed by atoms with Crippen LogP contribution in [0.1, 0.15) is 37.5 Å². The number of nitrogens with zero attached hydrogens (tertiary/aromatic N) is 1. The molecular weight excluding hydrogens is 534 g/mol. The maximum absolute atomic E-state index is 13.1. The van der Waals surface area contributed by atoms with Crippen molar-refractivity contribution in [1.29, 1.82) is 0 Å².